The highest BCUT2D eigenvalue weighted by molar-refractivity contribution is 7.99. The van der Waals surface area contributed by atoms with Crippen LogP contribution in [-0.2, 0) is 11.3 Å². The van der Waals surface area contributed by atoms with E-state index in [0.29, 0.717) is 10.2 Å². The number of nitrogens with zero attached hydrogens (tertiary/aromatic N) is 6. The number of hydrogen-bond acceptors (Lipinski definition) is 7. The van der Waals surface area contributed by atoms with Gasteiger partial charge in [-0.1, -0.05) is 11.6 Å². The number of hydrogen-bond donors (Lipinski definition) is 1. The number of halogens is 1. The molecule has 0 saturated carbocycles. The first-order valence-electron chi connectivity index (χ1n) is 4.28. The van der Waals surface area contributed by atoms with E-state index in [9.17, 15) is 4.79 Å². The molecule has 88 valence electrons. The summed E-state index contributed by atoms with van der Waals surface area (Å²) in [6, 6.07) is 0. The van der Waals surface area contributed by atoms with Gasteiger partial charge in [0.2, 0.25) is 5.16 Å². The fourth-order valence-corrected chi connectivity index (χ4v) is 1.89. The number of aromatic nitrogens is 6. The fraction of sp³-hybridized carbons (Fsp3) is 0.143. The predicted molar refractivity (Wildman–Crippen MR) is 56.6 cm³/mol. The molecule has 0 fully saturated rings. The lowest BCUT2D eigenvalue weighted by Crippen LogP contribution is -2.11. The lowest BCUT2D eigenvalue weighted by Gasteiger charge is -2.00. The molecule has 8 nitrogen and oxygen atoms in total. The van der Waals surface area contributed by atoms with Crippen molar-refractivity contribution in [3.05, 3.63) is 17.5 Å². The smallest absolute Gasteiger partial charge is 0.325 e. The molecule has 0 saturated heterocycles. The Morgan fingerprint density at radius 2 is 2.35 bits per heavy atom. The van der Waals surface area contributed by atoms with Crippen molar-refractivity contribution in [2.75, 3.05) is 0 Å². The first-order valence-corrected chi connectivity index (χ1v) is 5.48. The van der Waals surface area contributed by atoms with E-state index < -0.39 is 5.97 Å². The minimum absolute atomic E-state index is 0.243. The third-order valence-corrected chi connectivity index (χ3v) is 2.63. The molecule has 0 unspecified atom stereocenters. The van der Waals surface area contributed by atoms with E-state index in [1.54, 1.807) is 0 Å². The van der Waals surface area contributed by atoms with E-state index in [1.165, 1.54) is 12.4 Å². The Labute approximate surface area is 104 Å². The second kappa shape index (κ2) is 5.06. The monoisotopic (exact) mass is 272 g/mol. The van der Waals surface area contributed by atoms with Crippen molar-refractivity contribution in [2.24, 2.45) is 0 Å². The lowest BCUT2D eigenvalue weighted by atomic mass is 10.7. The van der Waals surface area contributed by atoms with Gasteiger partial charge in [-0.15, -0.1) is 5.10 Å². The number of rotatable bonds is 4. The van der Waals surface area contributed by atoms with Crippen LogP contribution in [0.2, 0.25) is 5.15 Å². The molecule has 10 heteroatoms. The van der Waals surface area contributed by atoms with Crippen LogP contribution < -0.4 is 0 Å². The van der Waals surface area contributed by atoms with Crippen molar-refractivity contribution >= 4 is 29.3 Å². The Morgan fingerprint density at radius 1 is 1.53 bits per heavy atom. The molecule has 1 N–H and O–H groups in total. The summed E-state index contributed by atoms with van der Waals surface area (Å²) < 4.78 is 1.15. The SMILES string of the molecule is O=C(O)Cn1nnnc1Sc1cncc(Cl)n1. The molecular formula is C7H5ClN6O2S. The Kier molecular flexibility index (Phi) is 3.49. The van der Waals surface area contributed by atoms with Gasteiger partial charge in [-0.3, -0.25) is 9.78 Å². The second-order valence-electron chi connectivity index (χ2n) is 2.79. The topological polar surface area (TPSA) is 107 Å². The van der Waals surface area contributed by atoms with E-state index in [4.69, 9.17) is 16.7 Å². The second-order valence-corrected chi connectivity index (χ2v) is 4.17. The summed E-state index contributed by atoms with van der Waals surface area (Å²) in [5.41, 5.74) is 0. The molecule has 2 aromatic rings. The average molecular weight is 273 g/mol. The van der Waals surface area contributed by atoms with Crippen LogP contribution in [0.25, 0.3) is 0 Å². The van der Waals surface area contributed by atoms with Crippen LogP contribution in [0, 0.1) is 0 Å². The number of tetrazole rings is 1. The summed E-state index contributed by atoms with van der Waals surface area (Å²) in [5.74, 6) is -1.03. The Morgan fingerprint density at radius 3 is 3.06 bits per heavy atom. The van der Waals surface area contributed by atoms with E-state index in [1.807, 2.05) is 0 Å². The molecule has 0 aliphatic carbocycles. The average Bonchev–Trinajstić information content (AvgIpc) is 2.65. The number of carboxylic acids is 1. The fourth-order valence-electron chi connectivity index (χ4n) is 0.965. The number of carbonyl (C=O) groups is 1. The minimum Gasteiger partial charge on any atom is -0.480 e. The maximum absolute atomic E-state index is 10.6. The van der Waals surface area contributed by atoms with Crippen molar-refractivity contribution < 1.29 is 9.90 Å². The predicted octanol–water partition coefficient (Wildman–Crippen LogP) is 0.352. The summed E-state index contributed by atoms with van der Waals surface area (Å²) in [6.07, 6.45) is 2.88. The van der Waals surface area contributed by atoms with Crippen molar-refractivity contribution in [1.82, 2.24) is 30.2 Å². The Bertz CT molecular complexity index is 547. The maximum Gasteiger partial charge on any atom is 0.325 e. The van der Waals surface area contributed by atoms with Crippen LogP contribution in [-0.4, -0.2) is 41.3 Å². The molecule has 0 aromatic carbocycles. The zero-order chi connectivity index (χ0) is 12.3. The van der Waals surface area contributed by atoms with Gasteiger partial charge in [-0.25, -0.2) is 9.67 Å². The molecule has 0 aliphatic rings. The summed E-state index contributed by atoms with van der Waals surface area (Å²) in [6.45, 7) is -0.316. The third kappa shape index (κ3) is 3.11. The summed E-state index contributed by atoms with van der Waals surface area (Å²) in [4.78, 5) is 18.4. The van der Waals surface area contributed by atoms with Crippen LogP contribution >= 0.6 is 23.4 Å². The summed E-state index contributed by atoms with van der Waals surface area (Å²) in [7, 11) is 0. The molecule has 0 amide bonds. The van der Waals surface area contributed by atoms with Gasteiger partial charge in [0.05, 0.1) is 12.4 Å². The van der Waals surface area contributed by atoms with E-state index in [0.717, 1.165) is 16.4 Å². The lowest BCUT2D eigenvalue weighted by molar-refractivity contribution is -0.138. The zero-order valence-electron chi connectivity index (χ0n) is 8.19. The molecule has 0 atom stereocenters. The molecule has 0 spiro atoms. The van der Waals surface area contributed by atoms with Crippen LogP contribution in [0.4, 0.5) is 0 Å². The zero-order valence-corrected chi connectivity index (χ0v) is 9.76. The third-order valence-electron chi connectivity index (χ3n) is 1.56. The van der Waals surface area contributed by atoms with Crippen molar-refractivity contribution in [1.29, 1.82) is 0 Å². The highest BCUT2D eigenvalue weighted by Gasteiger charge is 2.11. The van der Waals surface area contributed by atoms with Gasteiger partial charge >= 0.3 is 5.97 Å². The van der Waals surface area contributed by atoms with Gasteiger partial charge < -0.3 is 5.11 Å². The van der Waals surface area contributed by atoms with Crippen LogP contribution in [0.1, 0.15) is 0 Å². The molecule has 2 heterocycles. The van der Waals surface area contributed by atoms with E-state index in [-0.39, 0.29) is 11.7 Å². The van der Waals surface area contributed by atoms with E-state index >= 15 is 0 Å². The molecule has 0 bridgehead atoms. The van der Waals surface area contributed by atoms with Gasteiger partial charge in [-0.2, -0.15) is 0 Å². The van der Waals surface area contributed by atoms with Crippen LogP contribution in [0.15, 0.2) is 22.6 Å². The van der Waals surface area contributed by atoms with Crippen LogP contribution in [0.3, 0.4) is 0 Å². The number of carboxylic acid groups (broad SMARTS) is 1. The Balaban J connectivity index is 2.18. The molecule has 17 heavy (non-hydrogen) atoms. The normalized spacial score (nSPS) is 10.4. The van der Waals surface area contributed by atoms with E-state index in [2.05, 4.69) is 25.5 Å². The highest BCUT2D eigenvalue weighted by Crippen LogP contribution is 2.23. The maximum atomic E-state index is 10.6. The molecule has 0 radical (unpaired) electrons. The molecular weight excluding hydrogens is 268 g/mol. The first-order chi connectivity index (χ1) is 8.15. The highest BCUT2D eigenvalue weighted by atomic mass is 35.5. The minimum atomic E-state index is -1.03. The van der Waals surface area contributed by atoms with Gasteiger partial charge in [-0.05, 0) is 22.2 Å². The molecule has 0 aliphatic heterocycles. The molecule has 2 rings (SSSR count). The largest absolute Gasteiger partial charge is 0.480 e. The standard InChI is InChI=1S/C7H5ClN6O2S/c8-4-1-9-2-5(10-4)17-7-11-12-13-14(7)3-6(15)16/h1-2H,3H2,(H,15,16). The van der Waals surface area contributed by atoms with Gasteiger partial charge in [0, 0.05) is 0 Å². The van der Waals surface area contributed by atoms with Gasteiger partial charge in [0.25, 0.3) is 0 Å². The van der Waals surface area contributed by atoms with Gasteiger partial charge in [0.15, 0.2) is 0 Å². The Hall–Kier alpha value is -1.74. The van der Waals surface area contributed by atoms with Gasteiger partial charge in [0.1, 0.15) is 16.7 Å². The summed E-state index contributed by atoms with van der Waals surface area (Å²) in [5, 5.41) is 20.3. The quantitative estimate of drug-likeness (QED) is 0.850. The van der Waals surface area contributed by atoms with Crippen molar-refractivity contribution in [3.8, 4) is 0 Å². The number of aliphatic carboxylic acids is 1. The van der Waals surface area contributed by atoms with Crippen molar-refractivity contribution in [2.45, 2.75) is 16.7 Å². The summed E-state index contributed by atoms with van der Waals surface area (Å²) >= 11 is 6.75. The molecule has 2 aromatic heterocycles. The van der Waals surface area contributed by atoms with Crippen LogP contribution in [0.5, 0.6) is 0 Å². The van der Waals surface area contributed by atoms with Crippen molar-refractivity contribution in [3.63, 3.8) is 0 Å². The first kappa shape index (κ1) is 11.7.